The number of anilines is 3. The molecule has 0 saturated carbocycles. The van der Waals surface area contributed by atoms with Gasteiger partial charge in [0.1, 0.15) is 0 Å². The van der Waals surface area contributed by atoms with E-state index in [1.165, 1.54) is 87.2 Å². The Morgan fingerprint density at radius 2 is 1.18 bits per heavy atom. The minimum atomic E-state index is -0.196. The van der Waals surface area contributed by atoms with E-state index in [-0.39, 0.29) is 16.9 Å². The van der Waals surface area contributed by atoms with Crippen LogP contribution in [0, 0.1) is 0 Å². The average Bonchev–Trinajstić information content (AvgIpc) is 3.90. The topological polar surface area (TPSA) is 6.48 Å². The van der Waals surface area contributed by atoms with Gasteiger partial charge in [-0.05, 0) is 111 Å². The van der Waals surface area contributed by atoms with Gasteiger partial charge in [-0.25, -0.2) is 0 Å². The molecule has 2 heterocycles. The highest BCUT2D eigenvalue weighted by molar-refractivity contribution is 7.25. The number of hydrogen-bond donors (Lipinski definition) is 0. The maximum Gasteiger partial charge on any atom is 0.0783 e. The van der Waals surface area contributed by atoms with Crippen molar-refractivity contribution in [1.29, 1.82) is 0 Å². The summed E-state index contributed by atoms with van der Waals surface area (Å²) in [6.07, 6.45) is 9.55. The van der Waals surface area contributed by atoms with Gasteiger partial charge in [-0.1, -0.05) is 155 Å². The third-order valence-electron chi connectivity index (χ3n) is 13.7. The molecule has 2 nitrogen and oxygen atoms in total. The van der Waals surface area contributed by atoms with Crippen molar-refractivity contribution in [2.75, 3.05) is 9.80 Å². The summed E-state index contributed by atoms with van der Waals surface area (Å²) in [6, 6.07) is 60.9. The van der Waals surface area contributed by atoms with Crippen molar-refractivity contribution >= 4 is 54.3 Å². The molecular formula is C57H44N2S. The Kier molecular flexibility index (Phi) is 7.59. The normalized spacial score (nSPS) is 17.8. The van der Waals surface area contributed by atoms with Crippen molar-refractivity contribution in [3.8, 4) is 22.3 Å². The molecule has 7 aromatic carbocycles. The zero-order valence-corrected chi connectivity index (χ0v) is 35.1. The summed E-state index contributed by atoms with van der Waals surface area (Å²) < 4.78 is 2.66. The molecule has 288 valence electrons. The second-order valence-corrected chi connectivity index (χ2v) is 18.8. The maximum absolute atomic E-state index is 2.63. The van der Waals surface area contributed by atoms with E-state index in [1.807, 2.05) is 11.3 Å². The zero-order chi connectivity index (χ0) is 40.3. The van der Waals surface area contributed by atoms with Crippen LogP contribution in [0.2, 0.25) is 0 Å². The molecule has 0 radical (unpaired) electrons. The van der Waals surface area contributed by atoms with Gasteiger partial charge in [-0.3, -0.25) is 0 Å². The SMILES string of the molecule is CC1(C)C2=C(c3ccccc31)N(c1ccc3sc4ccccc4c3c1)C1C=CC=C(N(c3ccc(-c4ccccc4)cc3)c3ccc4c(c3)C(C)(C)c3ccccc3-4)C=C21. The Hall–Kier alpha value is -6.68. The third-order valence-corrected chi connectivity index (χ3v) is 14.8. The van der Waals surface area contributed by atoms with Crippen LogP contribution in [-0.4, -0.2) is 6.04 Å². The van der Waals surface area contributed by atoms with Crippen molar-refractivity contribution < 1.29 is 0 Å². The number of fused-ring (bicyclic) bond motifs is 10. The summed E-state index contributed by atoms with van der Waals surface area (Å²) in [4.78, 5) is 5.11. The molecule has 3 aliphatic carbocycles. The lowest BCUT2D eigenvalue weighted by Gasteiger charge is -2.32. The van der Waals surface area contributed by atoms with Crippen LogP contribution in [-0.2, 0) is 10.8 Å². The van der Waals surface area contributed by atoms with E-state index >= 15 is 0 Å². The Balaban J connectivity index is 1.05. The molecule has 0 fully saturated rings. The van der Waals surface area contributed by atoms with E-state index in [0.717, 1.165) is 17.1 Å². The van der Waals surface area contributed by atoms with E-state index in [9.17, 15) is 0 Å². The summed E-state index contributed by atoms with van der Waals surface area (Å²) >= 11 is 1.88. The van der Waals surface area contributed by atoms with Crippen LogP contribution in [0.15, 0.2) is 205 Å². The highest BCUT2D eigenvalue weighted by Gasteiger charge is 2.49. The second kappa shape index (κ2) is 12.9. The van der Waals surface area contributed by atoms with Crippen LogP contribution in [0.4, 0.5) is 17.1 Å². The molecule has 0 N–H and O–H groups in total. The monoisotopic (exact) mass is 788 g/mol. The zero-order valence-electron chi connectivity index (χ0n) is 34.3. The van der Waals surface area contributed by atoms with Gasteiger partial charge in [0.05, 0.1) is 11.7 Å². The molecule has 0 saturated heterocycles. The van der Waals surface area contributed by atoms with Gasteiger partial charge in [0.15, 0.2) is 0 Å². The molecule has 4 aliphatic rings. The number of benzene rings is 7. The highest BCUT2D eigenvalue weighted by atomic mass is 32.1. The maximum atomic E-state index is 2.63. The minimum Gasteiger partial charge on any atom is -0.330 e. The fourth-order valence-corrected chi connectivity index (χ4v) is 11.9. The summed E-state index contributed by atoms with van der Waals surface area (Å²) in [5.41, 5.74) is 19.0. The predicted molar refractivity (Wildman–Crippen MR) is 255 cm³/mol. The standard InChI is InChI=1S/C57H44N2S/c1-56(2)48-21-11-8-18-42(48)43-31-29-41(35-50(43)56)58(38-27-25-37(26-28-38)36-15-6-5-7-16-36)39-17-14-23-51-47(34-39)54-55(45-20-9-12-22-49(45)57(54,3)4)59(51)40-30-32-53-46(33-40)44-19-10-13-24-52(44)60-53/h5-35,51H,1-4H3. The Bertz CT molecular complexity index is 3210. The number of rotatable bonds is 5. The quantitative estimate of drug-likeness (QED) is 0.171. The van der Waals surface area contributed by atoms with Gasteiger partial charge in [0.2, 0.25) is 0 Å². The van der Waals surface area contributed by atoms with Gasteiger partial charge >= 0.3 is 0 Å². The third kappa shape index (κ3) is 5.06. The van der Waals surface area contributed by atoms with Crippen LogP contribution in [0.1, 0.15) is 49.9 Å². The van der Waals surface area contributed by atoms with Gasteiger partial charge in [0, 0.05) is 59.3 Å². The van der Waals surface area contributed by atoms with Crippen molar-refractivity contribution in [1.82, 2.24) is 0 Å². The molecule has 1 atom stereocenters. The Morgan fingerprint density at radius 1 is 0.533 bits per heavy atom. The van der Waals surface area contributed by atoms with E-state index in [0.29, 0.717) is 0 Å². The van der Waals surface area contributed by atoms with Crippen molar-refractivity contribution in [3.63, 3.8) is 0 Å². The van der Waals surface area contributed by atoms with Gasteiger partial charge in [0.25, 0.3) is 0 Å². The van der Waals surface area contributed by atoms with Crippen LogP contribution in [0.3, 0.4) is 0 Å². The first-order valence-corrected chi connectivity index (χ1v) is 21.9. The minimum absolute atomic E-state index is 0.0227. The van der Waals surface area contributed by atoms with Crippen molar-refractivity contribution in [2.24, 2.45) is 0 Å². The van der Waals surface area contributed by atoms with E-state index < -0.39 is 0 Å². The molecule has 0 spiro atoms. The number of nitrogens with zero attached hydrogens (tertiary/aromatic N) is 2. The second-order valence-electron chi connectivity index (χ2n) is 17.7. The molecular weight excluding hydrogens is 745 g/mol. The van der Waals surface area contributed by atoms with Crippen LogP contribution in [0.25, 0.3) is 48.1 Å². The summed E-state index contributed by atoms with van der Waals surface area (Å²) in [6.45, 7) is 9.59. The van der Waals surface area contributed by atoms with Gasteiger partial charge in [-0.15, -0.1) is 11.3 Å². The molecule has 0 amide bonds. The van der Waals surface area contributed by atoms with E-state index in [1.54, 1.807) is 0 Å². The molecule has 1 aromatic heterocycles. The van der Waals surface area contributed by atoms with Crippen LogP contribution < -0.4 is 9.80 Å². The number of thiophene rings is 1. The van der Waals surface area contributed by atoms with E-state index in [2.05, 4.69) is 226 Å². The number of allylic oxidation sites excluding steroid dienone is 3. The molecule has 1 aliphatic heterocycles. The fourth-order valence-electron chi connectivity index (χ4n) is 10.8. The molecule has 0 bridgehead atoms. The fraction of sp³-hybridized carbons (Fsp3) is 0.123. The van der Waals surface area contributed by atoms with Crippen molar-refractivity contribution in [3.05, 3.63) is 227 Å². The first-order valence-electron chi connectivity index (χ1n) is 21.1. The van der Waals surface area contributed by atoms with Gasteiger partial charge < -0.3 is 9.80 Å². The predicted octanol–water partition coefficient (Wildman–Crippen LogP) is 15.1. The molecule has 1 unspecified atom stereocenters. The van der Waals surface area contributed by atoms with Crippen LogP contribution in [0.5, 0.6) is 0 Å². The molecule has 60 heavy (non-hydrogen) atoms. The number of hydrogen-bond acceptors (Lipinski definition) is 3. The van der Waals surface area contributed by atoms with E-state index in [4.69, 9.17) is 0 Å². The lowest BCUT2D eigenvalue weighted by molar-refractivity contribution is 0.642. The Labute approximate surface area is 356 Å². The lowest BCUT2D eigenvalue weighted by atomic mass is 9.77. The average molecular weight is 789 g/mol. The lowest BCUT2D eigenvalue weighted by Crippen LogP contribution is -2.30. The smallest absolute Gasteiger partial charge is 0.0783 e. The molecule has 3 heteroatoms. The highest BCUT2D eigenvalue weighted by Crippen LogP contribution is 2.58. The molecule has 8 aromatic rings. The Morgan fingerprint density at radius 3 is 2.00 bits per heavy atom. The van der Waals surface area contributed by atoms with Crippen molar-refractivity contribution in [2.45, 2.75) is 44.6 Å². The summed E-state index contributed by atoms with van der Waals surface area (Å²) in [5.74, 6) is 0. The largest absolute Gasteiger partial charge is 0.330 e. The molecule has 12 rings (SSSR count). The summed E-state index contributed by atoms with van der Waals surface area (Å²) in [5, 5.41) is 2.65. The van der Waals surface area contributed by atoms with Gasteiger partial charge in [-0.2, -0.15) is 0 Å². The summed E-state index contributed by atoms with van der Waals surface area (Å²) in [7, 11) is 0. The first-order chi connectivity index (χ1) is 29.3. The first kappa shape index (κ1) is 35.3. The van der Waals surface area contributed by atoms with Crippen LogP contribution >= 0.6 is 11.3 Å².